The quantitative estimate of drug-likeness (QED) is 0.790. The van der Waals surface area contributed by atoms with Crippen LogP contribution in [0.2, 0.25) is 0 Å². The van der Waals surface area contributed by atoms with Gasteiger partial charge in [0.2, 0.25) is 0 Å². The highest BCUT2D eigenvalue weighted by atomic mass is 16.1. The lowest BCUT2D eigenvalue weighted by molar-refractivity contribution is 0.0946. The number of rotatable bonds is 4. The van der Waals surface area contributed by atoms with Crippen LogP contribution in [0.5, 0.6) is 0 Å². The predicted molar refractivity (Wildman–Crippen MR) is 65.7 cm³/mol. The monoisotopic (exact) mass is 246 g/mol. The number of hydrogen-bond donors (Lipinski definition) is 2. The summed E-state index contributed by atoms with van der Waals surface area (Å²) < 4.78 is 1.77. The standard InChI is InChI=1S/C11H14N6O/c1-8-6-14-17(7-8)5-4-13-11(18)9-2-3-10(12)16-15-9/h2-3,6-7H,4-5H2,1H3,(H2,12,16)(H,13,18). The molecule has 0 saturated heterocycles. The summed E-state index contributed by atoms with van der Waals surface area (Å²) in [6.45, 7) is 3.06. The van der Waals surface area contributed by atoms with Gasteiger partial charge in [-0.2, -0.15) is 5.10 Å². The van der Waals surface area contributed by atoms with E-state index in [2.05, 4.69) is 20.6 Å². The highest BCUT2D eigenvalue weighted by Gasteiger charge is 2.06. The number of nitrogens with two attached hydrogens (primary N) is 1. The summed E-state index contributed by atoms with van der Waals surface area (Å²) in [6, 6.07) is 3.08. The van der Waals surface area contributed by atoms with Gasteiger partial charge in [-0.05, 0) is 24.6 Å². The fraction of sp³-hybridized carbons (Fsp3) is 0.273. The molecule has 7 heteroatoms. The van der Waals surface area contributed by atoms with Crippen molar-refractivity contribution < 1.29 is 4.79 Å². The average molecular weight is 246 g/mol. The molecule has 2 rings (SSSR count). The number of nitrogens with zero attached hydrogens (tertiary/aromatic N) is 4. The fourth-order valence-corrected chi connectivity index (χ4v) is 1.43. The van der Waals surface area contributed by atoms with Crippen LogP contribution in [0, 0.1) is 6.92 Å². The van der Waals surface area contributed by atoms with Crippen molar-refractivity contribution in [1.82, 2.24) is 25.3 Å². The van der Waals surface area contributed by atoms with Crippen LogP contribution >= 0.6 is 0 Å². The van der Waals surface area contributed by atoms with Crippen LogP contribution in [0.4, 0.5) is 5.82 Å². The summed E-state index contributed by atoms with van der Waals surface area (Å²) in [7, 11) is 0. The van der Waals surface area contributed by atoms with Crippen molar-refractivity contribution in [2.75, 3.05) is 12.3 Å². The van der Waals surface area contributed by atoms with Gasteiger partial charge in [-0.25, -0.2) is 0 Å². The Morgan fingerprint density at radius 2 is 2.28 bits per heavy atom. The van der Waals surface area contributed by atoms with Gasteiger partial charge >= 0.3 is 0 Å². The van der Waals surface area contributed by atoms with E-state index < -0.39 is 0 Å². The van der Waals surface area contributed by atoms with Gasteiger partial charge in [-0.3, -0.25) is 9.48 Å². The van der Waals surface area contributed by atoms with Crippen molar-refractivity contribution in [3.8, 4) is 0 Å². The number of anilines is 1. The van der Waals surface area contributed by atoms with Gasteiger partial charge in [0, 0.05) is 12.7 Å². The second-order valence-electron chi connectivity index (χ2n) is 3.88. The third-order valence-corrected chi connectivity index (χ3v) is 2.31. The zero-order chi connectivity index (χ0) is 13.0. The molecule has 1 amide bonds. The molecule has 0 fully saturated rings. The molecule has 0 aromatic carbocycles. The van der Waals surface area contributed by atoms with E-state index in [4.69, 9.17) is 5.73 Å². The van der Waals surface area contributed by atoms with Gasteiger partial charge in [0.05, 0.1) is 12.7 Å². The SMILES string of the molecule is Cc1cnn(CCNC(=O)c2ccc(N)nn2)c1. The predicted octanol–water partition coefficient (Wildman–Crippen LogP) is -0.00628. The number of amides is 1. The Balaban J connectivity index is 1.83. The van der Waals surface area contributed by atoms with Crippen LogP contribution in [0.1, 0.15) is 16.1 Å². The van der Waals surface area contributed by atoms with E-state index in [9.17, 15) is 4.79 Å². The summed E-state index contributed by atoms with van der Waals surface area (Å²) in [5.74, 6) is 0.0185. The third kappa shape index (κ3) is 3.03. The van der Waals surface area contributed by atoms with Gasteiger partial charge in [-0.1, -0.05) is 0 Å². The molecule has 2 aromatic rings. The fourth-order valence-electron chi connectivity index (χ4n) is 1.43. The van der Waals surface area contributed by atoms with Crippen molar-refractivity contribution in [1.29, 1.82) is 0 Å². The first-order valence-electron chi connectivity index (χ1n) is 5.51. The van der Waals surface area contributed by atoms with Crippen molar-refractivity contribution in [3.63, 3.8) is 0 Å². The zero-order valence-electron chi connectivity index (χ0n) is 10.00. The largest absolute Gasteiger partial charge is 0.382 e. The zero-order valence-corrected chi connectivity index (χ0v) is 10.00. The van der Waals surface area contributed by atoms with Gasteiger partial charge in [0.25, 0.3) is 5.91 Å². The molecule has 7 nitrogen and oxygen atoms in total. The molecule has 0 atom stereocenters. The molecule has 3 N–H and O–H groups in total. The third-order valence-electron chi connectivity index (χ3n) is 2.31. The van der Waals surface area contributed by atoms with E-state index in [-0.39, 0.29) is 11.6 Å². The van der Waals surface area contributed by atoms with Crippen LogP contribution in [-0.4, -0.2) is 32.4 Å². The smallest absolute Gasteiger partial charge is 0.271 e. The van der Waals surface area contributed by atoms with Gasteiger partial charge in [0.15, 0.2) is 5.69 Å². The first kappa shape index (κ1) is 12.0. The maximum absolute atomic E-state index is 11.7. The van der Waals surface area contributed by atoms with Gasteiger partial charge in [0.1, 0.15) is 5.82 Å². The molecule has 0 bridgehead atoms. The van der Waals surface area contributed by atoms with E-state index in [1.165, 1.54) is 6.07 Å². The molecule has 0 aliphatic rings. The second kappa shape index (κ2) is 5.26. The Labute approximate surface area is 104 Å². The van der Waals surface area contributed by atoms with Crippen molar-refractivity contribution >= 4 is 11.7 Å². The lowest BCUT2D eigenvalue weighted by Gasteiger charge is -2.04. The Morgan fingerprint density at radius 3 is 2.89 bits per heavy atom. The number of aromatic nitrogens is 4. The minimum Gasteiger partial charge on any atom is -0.382 e. The molecule has 2 aromatic heterocycles. The molecule has 2 heterocycles. The Bertz CT molecular complexity index is 533. The minimum absolute atomic E-state index is 0.251. The highest BCUT2D eigenvalue weighted by Crippen LogP contribution is 1.97. The Kier molecular flexibility index (Phi) is 3.52. The summed E-state index contributed by atoms with van der Waals surface area (Å²) in [4.78, 5) is 11.7. The minimum atomic E-state index is -0.272. The summed E-state index contributed by atoms with van der Waals surface area (Å²) in [5.41, 5.74) is 6.73. The molecule has 0 aliphatic carbocycles. The van der Waals surface area contributed by atoms with E-state index in [0.717, 1.165) is 5.56 Å². The molecule has 18 heavy (non-hydrogen) atoms. The van der Waals surface area contributed by atoms with Gasteiger partial charge < -0.3 is 11.1 Å². The maximum atomic E-state index is 11.7. The number of carbonyl (C=O) groups is 1. The lowest BCUT2D eigenvalue weighted by atomic mass is 10.3. The van der Waals surface area contributed by atoms with Crippen LogP contribution in [0.25, 0.3) is 0 Å². The topological polar surface area (TPSA) is 98.7 Å². The lowest BCUT2D eigenvalue weighted by Crippen LogP contribution is -2.28. The summed E-state index contributed by atoms with van der Waals surface area (Å²) in [6.07, 6.45) is 3.68. The first-order chi connectivity index (χ1) is 8.65. The normalized spacial score (nSPS) is 10.3. The number of hydrogen-bond acceptors (Lipinski definition) is 5. The van der Waals surface area contributed by atoms with Crippen LogP contribution in [0.15, 0.2) is 24.5 Å². The number of nitrogen functional groups attached to an aromatic ring is 1. The van der Waals surface area contributed by atoms with E-state index >= 15 is 0 Å². The molecular weight excluding hydrogens is 232 g/mol. The summed E-state index contributed by atoms with van der Waals surface area (Å²) in [5, 5.41) is 14.2. The van der Waals surface area contributed by atoms with Crippen LogP contribution in [0.3, 0.4) is 0 Å². The Hall–Kier alpha value is -2.44. The number of aryl methyl sites for hydroxylation is 1. The van der Waals surface area contributed by atoms with Crippen molar-refractivity contribution in [2.45, 2.75) is 13.5 Å². The molecule has 0 aliphatic heterocycles. The molecular formula is C11H14N6O. The Morgan fingerprint density at radius 1 is 1.44 bits per heavy atom. The van der Waals surface area contributed by atoms with E-state index in [1.54, 1.807) is 16.9 Å². The average Bonchev–Trinajstić information content (AvgIpc) is 2.76. The van der Waals surface area contributed by atoms with Crippen molar-refractivity contribution in [2.24, 2.45) is 0 Å². The molecule has 0 radical (unpaired) electrons. The van der Waals surface area contributed by atoms with Crippen LogP contribution in [-0.2, 0) is 6.54 Å². The van der Waals surface area contributed by atoms with Gasteiger partial charge in [-0.15, -0.1) is 10.2 Å². The van der Waals surface area contributed by atoms with E-state index in [0.29, 0.717) is 18.9 Å². The first-order valence-corrected chi connectivity index (χ1v) is 5.51. The number of nitrogens with one attached hydrogen (secondary N) is 1. The molecule has 0 saturated carbocycles. The molecule has 0 spiro atoms. The van der Waals surface area contributed by atoms with Crippen molar-refractivity contribution in [3.05, 3.63) is 35.8 Å². The second-order valence-corrected chi connectivity index (χ2v) is 3.88. The number of carbonyl (C=O) groups excluding carboxylic acids is 1. The van der Waals surface area contributed by atoms with Crippen LogP contribution < -0.4 is 11.1 Å². The molecule has 0 unspecified atom stereocenters. The summed E-state index contributed by atoms with van der Waals surface area (Å²) >= 11 is 0. The molecule has 94 valence electrons. The highest BCUT2D eigenvalue weighted by molar-refractivity contribution is 5.92. The maximum Gasteiger partial charge on any atom is 0.271 e. The van der Waals surface area contributed by atoms with E-state index in [1.807, 2.05) is 13.1 Å².